The Balaban J connectivity index is 1.65. The van der Waals surface area contributed by atoms with E-state index < -0.39 is 29.6 Å². The number of amides is 3. The van der Waals surface area contributed by atoms with Gasteiger partial charge >= 0.3 is 6.03 Å². The highest BCUT2D eigenvalue weighted by Gasteiger charge is 2.25. The summed E-state index contributed by atoms with van der Waals surface area (Å²) in [5, 5.41) is 14.0. The number of halogens is 2. The topological polar surface area (TPSA) is 85.2 Å². The van der Waals surface area contributed by atoms with Crippen LogP contribution in [0.3, 0.4) is 0 Å². The molecular weight excluding hydrogens is 354 g/mol. The van der Waals surface area contributed by atoms with Crippen LogP contribution in [0.4, 0.5) is 19.3 Å². The second-order valence-electron chi connectivity index (χ2n) is 6.22. The minimum absolute atomic E-state index is 0.0892. The van der Waals surface area contributed by atoms with Gasteiger partial charge in [0, 0.05) is 11.3 Å². The van der Waals surface area contributed by atoms with Gasteiger partial charge in [0.15, 0.2) is 0 Å². The lowest BCUT2D eigenvalue weighted by atomic mass is 10.1. The molecule has 27 heavy (non-hydrogen) atoms. The van der Waals surface area contributed by atoms with E-state index in [0.29, 0.717) is 11.3 Å². The summed E-state index contributed by atoms with van der Waals surface area (Å²) >= 11 is 0. The van der Waals surface area contributed by atoms with Crippen molar-refractivity contribution in [2.45, 2.75) is 19.5 Å². The van der Waals surface area contributed by atoms with Crippen molar-refractivity contribution in [3.63, 3.8) is 0 Å². The predicted octanol–water partition coefficient (Wildman–Crippen LogP) is 3.06. The normalized spacial score (nSPS) is 14.0. The molecule has 0 aliphatic carbocycles. The number of fused-ring (bicyclic) bond motifs is 1. The molecule has 2 aromatic carbocycles. The van der Waals surface area contributed by atoms with E-state index in [4.69, 9.17) is 5.26 Å². The zero-order chi connectivity index (χ0) is 19.6. The van der Waals surface area contributed by atoms with Crippen LogP contribution in [0.15, 0.2) is 36.4 Å². The Bertz CT molecular complexity index is 955. The molecule has 138 valence electrons. The Morgan fingerprint density at radius 1 is 1.33 bits per heavy atom. The summed E-state index contributed by atoms with van der Waals surface area (Å²) < 4.78 is 27.4. The maximum absolute atomic E-state index is 14.0. The van der Waals surface area contributed by atoms with E-state index in [2.05, 4.69) is 10.6 Å². The lowest BCUT2D eigenvalue weighted by molar-refractivity contribution is -0.122. The Kier molecular flexibility index (Phi) is 5.03. The Morgan fingerprint density at radius 3 is 2.81 bits per heavy atom. The predicted molar refractivity (Wildman–Crippen MR) is 93.5 cm³/mol. The standard InChI is InChI=1S/C19H16F2N4O2/c1-11(15-4-2-12(8-22)6-16(15)21)23-18(26)10-25-9-13-7-14(20)3-5-17(13)24-19(25)27/h2-7,11H,9-10H2,1H3,(H,23,26)(H,24,27). The van der Waals surface area contributed by atoms with Crippen LogP contribution in [0.2, 0.25) is 0 Å². The number of rotatable bonds is 4. The molecule has 6 nitrogen and oxygen atoms in total. The number of carbonyl (C=O) groups is 2. The van der Waals surface area contributed by atoms with Crippen molar-refractivity contribution in [2.75, 3.05) is 11.9 Å². The van der Waals surface area contributed by atoms with E-state index in [-0.39, 0.29) is 24.2 Å². The molecule has 1 aliphatic heterocycles. The molecule has 1 aliphatic rings. The molecule has 0 aromatic heterocycles. The molecule has 3 amide bonds. The zero-order valence-corrected chi connectivity index (χ0v) is 14.4. The van der Waals surface area contributed by atoms with Crippen molar-refractivity contribution in [1.82, 2.24) is 10.2 Å². The van der Waals surface area contributed by atoms with Gasteiger partial charge in [-0.2, -0.15) is 5.26 Å². The quantitative estimate of drug-likeness (QED) is 0.867. The Labute approximate surface area is 154 Å². The smallest absolute Gasteiger partial charge is 0.322 e. The summed E-state index contributed by atoms with van der Waals surface area (Å²) in [4.78, 5) is 25.6. The molecule has 0 saturated heterocycles. The lowest BCUT2D eigenvalue weighted by Gasteiger charge is -2.29. The molecule has 0 fully saturated rings. The van der Waals surface area contributed by atoms with Gasteiger partial charge in [0.05, 0.1) is 24.2 Å². The van der Waals surface area contributed by atoms with Gasteiger partial charge in [-0.15, -0.1) is 0 Å². The number of benzene rings is 2. The number of carbonyl (C=O) groups excluding carboxylic acids is 2. The maximum atomic E-state index is 14.0. The van der Waals surface area contributed by atoms with Gasteiger partial charge in [-0.1, -0.05) is 6.07 Å². The molecule has 1 unspecified atom stereocenters. The van der Waals surface area contributed by atoms with Gasteiger partial charge in [-0.25, -0.2) is 13.6 Å². The van der Waals surface area contributed by atoms with Crippen LogP contribution in [0.25, 0.3) is 0 Å². The van der Waals surface area contributed by atoms with E-state index >= 15 is 0 Å². The first-order chi connectivity index (χ1) is 12.9. The zero-order valence-electron chi connectivity index (χ0n) is 14.4. The number of anilines is 1. The lowest BCUT2D eigenvalue weighted by Crippen LogP contribution is -2.45. The monoisotopic (exact) mass is 370 g/mol. The van der Waals surface area contributed by atoms with Gasteiger partial charge in [0.2, 0.25) is 5.91 Å². The Hall–Kier alpha value is -3.47. The number of nitrogens with zero attached hydrogens (tertiary/aromatic N) is 2. The van der Waals surface area contributed by atoms with Crippen LogP contribution in [-0.4, -0.2) is 23.4 Å². The molecule has 1 atom stereocenters. The molecule has 0 spiro atoms. The van der Waals surface area contributed by atoms with E-state index in [1.807, 2.05) is 6.07 Å². The van der Waals surface area contributed by atoms with Crippen molar-refractivity contribution in [1.29, 1.82) is 5.26 Å². The van der Waals surface area contributed by atoms with Crippen molar-refractivity contribution in [3.05, 3.63) is 64.7 Å². The van der Waals surface area contributed by atoms with Crippen LogP contribution < -0.4 is 10.6 Å². The summed E-state index contributed by atoms with van der Waals surface area (Å²) in [5.41, 5.74) is 1.49. The van der Waals surface area contributed by atoms with Crippen LogP contribution >= 0.6 is 0 Å². The molecule has 2 N–H and O–H groups in total. The average molecular weight is 370 g/mol. The number of hydrogen-bond acceptors (Lipinski definition) is 3. The third-order valence-corrected chi connectivity index (χ3v) is 4.27. The first kappa shape index (κ1) is 18.3. The number of nitriles is 1. The number of nitrogens with one attached hydrogen (secondary N) is 2. The molecule has 0 radical (unpaired) electrons. The fourth-order valence-corrected chi connectivity index (χ4v) is 2.90. The van der Waals surface area contributed by atoms with Crippen LogP contribution in [0.1, 0.15) is 29.7 Å². The van der Waals surface area contributed by atoms with Crippen LogP contribution in [0, 0.1) is 23.0 Å². The van der Waals surface area contributed by atoms with Gasteiger partial charge in [0.1, 0.15) is 18.2 Å². The van der Waals surface area contributed by atoms with E-state index in [0.717, 1.165) is 6.07 Å². The maximum Gasteiger partial charge on any atom is 0.322 e. The van der Waals surface area contributed by atoms with Gasteiger partial charge in [0.25, 0.3) is 0 Å². The van der Waals surface area contributed by atoms with Crippen molar-refractivity contribution < 1.29 is 18.4 Å². The van der Waals surface area contributed by atoms with Gasteiger partial charge in [-0.05, 0) is 42.8 Å². The van der Waals surface area contributed by atoms with Crippen molar-refractivity contribution in [3.8, 4) is 6.07 Å². The van der Waals surface area contributed by atoms with Gasteiger partial charge < -0.3 is 15.5 Å². The fraction of sp³-hybridized carbons (Fsp3) is 0.211. The number of hydrogen-bond donors (Lipinski definition) is 2. The molecule has 3 rings (SSSR count). The highest BCUT2D eigenvalue weighted by Crippen LogP contribution is 2.24. The second-order valence-corrected chi connectivity index (χ2v) is 6.22. The number of urea groups is 1. The highest BCUT2D eigenvalue weighted by atomic mass is 19.1. The van der Waals surface area contributed by atoms with Crippen molar-refractivity contribution in [2.24, 2.45) is 0 Å². The molecular formula is C19H16F2N4O2. The fourth-order valence-electron chi connectivity index (χ4n) is 2.90. The second kappa shape index (κ2) is 7.41. The van der Waals surface area contributed by atoms with Crippen LogP contribution in [-0.2, 0) is 11.3 Å². The first-order valence-electron chi connectivity index (χ1n) is 8.20. The van der Waals surface area contributed by atoms with E-state index in [9.17, 15) is 18.4 Å². The molecule has 0 saturated carbocycles. The van der Waals surface area contributed by atoms with Gasteiger partial charge in [-0.3, -0.25) is 4.79 Å². The largest absolute Gasteiger partial charge is 0.348 e. The summed E-state index contributed by atoms with van der Waals surface area (Å²) in [6.07, 6.45) is 0. The summed E-state index contributed by atoms with van der Waals surface area (Å²) in [5.74, 6) is -1.51. The minimum Gasteiger partial charge on any atom is -0.348 e. The molecule has 2 aromatic rings. The Morgan fingerprint density at radius 2 is 2.11 bits per heavy atom. The summed E-state index contributed by atoms with van der Waals surface area (Å²) in [6, 6.07) is 8.73. The summed E-state index contributed by atoms with van der Waals surface area (Å²) in [7, 11) is 0. The third-order valence-electron chi connectivity index (χ3n) is 4.27. The summed E-state index contributed by atoms with van der Waals surface area (Å²) in [6.45, 7) is 1.43. The minimum atomic E-state index is -0.650. The SMILES string of the molecule is CC(NC(=O)CN1Cc2cc(F)ccc2NC1=O)c1ccc(C#N)cc1F. The molecule has 8 heteroatoms. The third kappa shape index (κ3) is 4.03. The molecule has 0 bridgehead atoms. The van der Waals surface area contributed by atoms with E-state index in [1.165, 1.54) is 35.2 Å². The van der Waals surface area contributed by atoms with E-state index in [1.54, 1.807) is 6.92 Å². The first-order valence-corrected chi connectivity index (χ1v) is 8.20. The highest BCUT2D eigenvalue weighted by molar-refractivity contribution is 5.94. The molecule has 1 heterocycles. The van der Waals surface area contributed by atoms with Crippen molar-refractivity contribution >= 4 is 17.6 Å². The average Bonchev–Trinajstić information content (AvgIpc) is 2.62. The van der Waals surface area contributed by atoms with Crippen LogP contribution in [0.5, 0.6) is 0 Å².